The van der Waals surface area contributed by atoms with Crippen molar-refractivity contribution in [3.05, 3.63) is 28.2 Å². The summed E-state index contributed by atoms with van der Waals surface area (Å²) in [5, 5.41) is 0. The number of benzene rings is 1. The van der Waals surface area contributed by atoms with Gasteiger partial charge in [0.05, 0.1) is 0 Å². The van der Waals surface area contributed by atoms with Crippen molar-refractivity contribution in [2.24, 2.45) is 11.7 Å². The van der Waals surface area contributed by atoms with Crippen LogP contribution in [-0.4, -0.2) is 32.8 Å². The third-order valence-corrected chi connectivity index (χ3v) is 4.70. The molecule has 2 N–H and O–H groups in total. The fourth-order valence-electron chi connectivity index (χ4n) is 2.84. The van der Waals surface area contributed by atoms with Crippen molar-refractivity contribution in [1.82, 2.24) is 0 Å². The molecule has 2 rings (SSSR count). The number of hydrogen-bond acceptors (Lipinski definition) is 3. The highest BCUT2D eigenvalue weighted by molar-refractivity contribution is 9.10. The molecule has 0 aromatic heterocycles. The summed E-state index contributed by atoms with van der Waals surface area (Å²) in [6.07, 6.45) is 3.34. The number of nitrogens with zero attached hydrogens (tertiary/aromatic N) is 1. The number of rotatable bonds is 5. The first kappa shape index (κ1) is 15.8. The van der Waals surface area contributed by atoms with Gasteiger partial charge in [0.15, 0.2) is 0 Å². The Balaban J connectivity index is 1.98. The lowest BCUT2D eigenvalue weighted by Crippen LogP contribution is -2.35. The van der Waals surface area contributed by atoms with Gasteiger partial charge >= 0.3 is 0 Å². The van der Waals surface area contributed by atoms with Crippen LogP contribution in [0.5, 0.6) is 0 Å². The summed E-state index contributed by atoms with van der Waals surface area (Å²) in [6, 6.07) is 6.85. The van der Waals surface area contributed by atoms with Crippen LogP contribution in [0, 0.1) is 5.92 Å². The third-order valence-electron chi connectivity index (χ3n) is 3.96. The number of halogens is 1. The third kappa shape index (κ3) is 4.21. The van der Waals surface area contributed by atoms with Crippen molar-refractivity contribution in [1.29, 1.82) is 0 Å². The van der Waals surface area contributed by atoms with E-state index in [-0.39, 0.29) is 6.04 Å². The first-order valence-electron chi connectivity index (χ1n) is 7.38. The topological polar surface area (TPSA) is 38.5 Å². The Kier molecular flexibility index (Phi) is 5.87. The van der Waals surface area contributed by atoms with Crippen molar-refractivity contribution < 1.29 is 4.74 Å². The van der Waals surface area contributed by atoms with Gasteiger partial charge in [-0.15, -0.1) is 0 Å². The maximum Gasteiger partial charge on any atom is 0.0491 e. The van der Waals surface area contributed by atoms with Gasteiger partial charge in [0.2, 0.25) is 0 Å². The maximum absolute atomic E-state index is 5.87. The summed E-state index contributed by atoms with van der Waals surface area (Å²) >= 11 is 3.68. The highest BCUT2D eigenvalue weighted by Crippen LogP contribution is 2.28. The molecule has 112 valence electrons. The van der Waals surface area contributed by atoms with E-state index in [1.165, 1.54) is 28.6 Å². The zero-order chi connectivity index (χ0) is 14.5. The van der Waals surface area contributed by atoms with E-state index in [0.717, 1.165) is 32.0 Å². The van der Waals surface area contributed by atoms with Gasteiger partial charge < -0.3 is 15.4 Å². The fraction of sp³-hybridized carbons (Fsp3) is 0.625. The molecule has 1 atom stereocenters. The van der Waals surface area contributed by atoms with Gasteiger partial charge in [-0.25, -0.2) is 0 Å². The molecular weight excluding hydrogens is 316 g/mol. The monoisotopic (exact) mass is 340 g/mol. The highest BCUT2D eigenvalue weighted by Gasteiger charge is 2.19. The minimum atomic E-state index is 0.196. The Morgan fingerprint density at radius 2 is 2.10 bits per heavy atom. The Morgan fingerprint density at radius 1 is 1.40 bits per heavy atom. The number of nitrogens with two attached hydrogens (primary N) is 1. The lowest BCUT2D eigenvalue weighted by Gasteiger charge is -2.33. The smallest absolute Gasteiger partial charge is 0.0491 e. The molecule has 1 saturated heterocycles. The van der Waals surface area contributed by atoms with Crippen LogP contribution in [0.1, 0.15) is 25.3 Å². The van der Waals surface area contributed by atoms with Gasteiger partial charge in [0.25, 0.3) is 0 Å². The first-order valence-corrected chi connectivity index (χ1v) is 8.17. The standard InChI is InChI=1S/C16H25BrN2O/c1-12(18)9-14-3-4-15(10-16(14)17)19-7-5-13(6-8-19)11-20-2/h3-4,10,12-13H,5-9,11,18H2,1-2H3. The molecule has 0 spiro atoms. The lowest BCUT2D eigenvalue weighted by atomic mass is 9.97. The van der Waals surface area contributed by atoms with E-state index in [1.54, 1.807) is 7.11 Å². The number of ether oxygens (including phenoxy) is 1. The number of methoxy groups -OCH3 is 1. The summed E-state index contributed by atoms with van der Waals surface area (Å²) < 4.78 is 6.43. The van der Waals surface area contributed by atoms with Crippen LogP contribution < -0.4 is 10.6 Å². The van der Waals surface area contributed by atoms with Crippen molar-refractivity contribution in [3.63, 3.8) is 0 Å². The Morgan fingerprint density at radius 3 is 2.65 bits per heavy atom. The molecule has 1 heterocycles. The Labute approximate surface area is 130 Å². The van der Waals surface area contributed by atoms with Crippen LogP contribution >= 0.6 is 15.9 Å². The van der Waals surface area contributed by atoms with E-state index < -0.39 is 0 Å². The van der Waals surface area contributed by atoms with E-state index >= 15 is 0 Å². The molecule has 0 aliphatic carbocycles. The van der Waals surface area contributed by atoms with E-state index in [9.17, 15) is 0 Å². The second-order valence-electron chi connectivity index (χ2n) is 5.84. The molecular formula is C16H25BrN2O. The molecule has 0 radical (unpaired) electrons. The fourth-order valence-corrected chi connectivity index (χ4v) is 3.37. The van der Waals surface area contributed by atoms with Gasteiger partial charge in [0, 0.05) is 43.0 Å². The SMILES string of the molecule is COCC1CCN(c2ccc(CC(C)N)c(Br)c2)CC1. The van der Waals surface area contributed by atoms with Crippen LogP contribution in [0.25, 0.3) is 0 Å². The van der Waals surface area contributed by atoms with Crippen molar-refractivity contribution >= 4 is 21.6 Å². The minimum Gasteiger partial charge on any atom is -0.384 e. The van der Waals surface area contributed by atoms with Gasteiger partial charge in [-0.1, -0.05) is 22.0 Å². The summed E-state index contributed by atoms with van der Waals surface area (Å²) in [5.74, 6) is 0.719. The van der Waals surface area contributed by atoms with Gasteiger partial charge in [-0.2, -0.15) is 0 Å². The molecule has 1 aromatic rings. The normalized spacial score (nSPS) is 18.3. The van der Waals surface area contributed by atoms with E-state index in [2.05, 4.69) is 39.0 Å². The quantitative estimate of drug-likeness (QED) is 0.894. The minimum absolute atomic E-state index is 0.196. The predicted octanol–water partition coefficient (Wildman–Crippen LogP) is 3.20. The van der Waals surface area contributed by atoms with Gasteiger partial charge in [0.1, 0.15) is 0 Å². The van der Waals surface area contributed by atoms with E-state index in [4.69, 9.17) is 10.5 Å². The van der Waals surface area contributed by atoms with E-state index in [0.29, 0.717) is 0 Å². The van der Waals surface area contributed by atoms with Crippen molar-refractivity contribution in [2.45, 2.75) is 32.2 Å². The molecule has 1 aliphatic heterocycles. The summed E-state index contributed by atoms with van der Waals surface area (Å²) in [5.41, 5.74) is 8.47. The molecule has 1 unspecified atom stereocenters. The molecule has 1 aliphatic rings. The zero-order valence-corrected chi connectivity index (χ0v) is 14.0. The first-order chi connectivity index (χ1) is 9.60. The van der Waals surface area contributed by atoms with Crippen molar-refractivity contribution in [3.8, 4) is 0 Å². The van der Waals surface area contributed by atoms with Crippen LogP contribution in [-0.2, 0) is 11.2 Å². The summed E-state index contributed by atoms with van der Waals surface area (Å²) in [6.45, 7) is 5.17. The molecule has 20 heavy (non-hydrogen) atoms. The molecule has 0 bridgehead atoms. The lowest BCUT2D eigenvalue weighted by molar-refractivity contribution is 0.139. The van der Waals surface area contributed by atoms with Gasteiger partial charge in [-0.3, -0.25) is 0 Å². The largest absolute Gasteiger partial charge is 0.384 e. The molecule has 1 aromatic carbocycles. The molecule has 1 fully saturated rings. The average molecular weight is 341 g/mol. The van der Waals surface area contributed by atoms with Crippen LogP contribution in [0.4, 0.5) is 5.69 Å². The van der Waals surface area contributed by atoms with Crippen LogP contribution in [0.3, 0.4) is 0 Å². The summed E-state index contributed by atoms with van der Waals surface area (Å²) in [7, 11) is 1.79. The molecule has 3 nitrogen and oxygen atoms in total. The summed E-state index contributed by atoms with van der Waals surface area (Å²) in [4.78, 5) is 2.46. The number of piperidine rings is 1. The zero-order valence-electron chi connectivity index (χ0n) is 12.4. The van der Waals surface area contributed by atoms with Crippen LogP contribution in [0.2, 0.25) is 0 Å². The number of anilines is 1. The molecule has 4 heteroatoms. The second kappa shape index (κ2) is 7.43. The second-order valence-corrected chi connectivity index (χ2v) is 6.70. The maximum atomic E-state index is 5.87. The predicted molar refractivity (Wildman–Crippen MR) is 88.3 cm³/mol. The molecule has 0 saturated carbocycles. The number of hydrogen-bond donors (Lipinski definition) is 1. The molecule has 0 amide bonds. The van der Waals surface area contributed by atoms with Crippen LogP contribution in [0.15, 0.2) is 22.7 Å². The van der Waals surface area contributed by atoms with E-state index in [1.807, 2.05) is 6.92 Å². The Hall–Kier alpha value is -0.580. The average Bonchev–Trinajstić information content (AvgIpc) is 2.42. The Bertz CT molecular complexity index is 428. The highest BCUT2D eigenvalue weighted by atomic mass is 79.9. The van der Waals surface area contributed by atoms with Gasteiger partial charge in [-0.05, 0) is 49.8 Å². The van der Waals surface area contributed by atoms with Crippen molar-refractivity contribution in [2.75, 3.05) is 31.7 Å².